The van der Waals surface area contributed by atoms with Crippen LogP contribution in [0.15, 0.2) is 29.3 Å². The van der Waals surface area contributed by atoms with Gasteiger partial charge in [-0.1, -0.05) is 0 Å². The molecule has 9 nitrogen and oxygen atoms in total. The maximum atomic E-state index is 11.6. The first-order valence-corrected chi connectivity index (χ1v) is 8.80. The molecule has 134 valence electrons. The van der Waals surface area contributed by atoms with E-state index in [2.05, 4.69) is 36.0 Å². The summed E-state index contributed by atoms with van der Waals surface area (Å²) in [7, 11) is 1.69. The lowest BCUT2D eigenvalue weighted by Gasteiger charge is -2.24. The van der Waals surface area contributed by atoms with Gasteiger partial charge < -0.3 is 9.80 Å². The third-order valence-electron chi connectivity index (χ3n) is 5.44. The Hall–Kier alpha value is -2.97. The van der Waals surface area contributed by atoms with Gasteiger partial charge in [0.15, 0.2) is 0 Å². The van der Waals surface area contributed by atoms with E-state index < -0.39 is 0 Å². The van der Waals surface area contributed by atoms with Crippen LogP contribution in [0.4, 0.5) is 11.6 Å². The Morgan fingerprint density at radius 1 is 1.08 bits per heavy atom. The van der Waals surface area contributed by atoms with Gasteiger partial charge in [0.25, 0.3) is 11.3 Å². The molecule has 2 saturated heterocycles. The number of fused-ring (bicyclic) bond motifs is 2. The number of hydrogen-bond acceptors (Lipinski definition) is 7. The molecule has 2 fully saturated rings. The summed E-state index contributed by atoms with van der Waals surface area (Å²) in [6, 6.07) is 5.49. The molecule has 2 aliphatic heterocycles. The van der Waals surface area contributed by atoms with Gasteiger partial charge in [0, 0.05) is 62.9 Å². The van der Waals surface area contributed by atoms with Crippen LogP contribution in [0, 0.1) is 18.8 Å². The zero-order valence-corrected chi connectivity index (χ0v) is 14.8. The fourth-order valence-electron chi connectivity index (χ4n) is 4.16. The van der Waals surface area contributed by atoms with Crippen molar-refractivity contribution in [3.63, 3.8) is 0 Å². The minimum atomic E-state index is -0.0794. The summed E-state index contributed by atoms with van der Waals surface area (Å²) in [6.45, 7) is 5.85. The highest BCUT2D eigenvalue weighted by atomic mass is 16.1. The molecular weight excluding hydrogens is 332 g/mol. The first kappa shape index (κ1) is 15.3. The van der Waals surface area contributed by atoms with Crippen molar-refractivity contribution in [1.29, 1.82) is 0 Å². The molecular formula is C17H20N8O. The molecule has 0 amide bonds. The lowest BCUT2D eigenvalue weighted by Crippen LogP contribution is -2.31. The smallest absolute Gasteiger partial charge is 0.266 e. The first-order chi connectivity index (χ1) is 12.6. The highest BCUT2D eigenvalue weighted by molar-refractivity contribution is 5.49. The summed E-state index contributed by atoms with van der Waals surface area (Å²) >= 11 is 0. The number of nitrogens with zero attached hydrogens (tertiary/aromatic N) is 8. The SMILES string of the molecule is Cc1cc(N2CC3CN(c4ccc(=O)n(C)n4)CC3C2)n2ncnc2n1. The van der Waals surface area contributed by atoms with E-state index in [0.717, 1.165) is 43.5 Å². The Morgan fingerprint density at radius 3 is 2.54 bits per heavy atom. The number of hydrogen-bond donors (Lipinski definition) is 0. The lowest BCUT2D eigenvalue weighted by molar-refractivity contribution is 0.533. The fraction of sp³-hybridized carbons (Fsp3) is 0.471. The van der Waals surface area contributed by atoms with Gasteiger partial charge >= 0.3 is 0 Å². The molecule has 2 unspecified atom stereocenters. The van der Waals surface area contributed by atoms with Gasteiger partial charge in [-0.3, -0.25) is 4.79 Å². The number of rotatable bonds is 2. The predicted molar refractivity (Wildman–Crippen MR) is 96.4 cm³/mol. The van der Waals surface area contributed by atoms with Gasteiger partial charge in [-0.25, -0.2) is 9.67 Å². The first-order valence-electron chi connectivity index (χ1n) is 8.80. The maximum absolute atomic E-state index is 11.6. The van der Waals surface area contributed by atoms with E-state index in [1.807, 2.05) is 17.5 Å². The van der Waals surface area contributed by atoms with Crippen LogP contribution in [0.25, 0.3) is 5.78 Å². The molecule has 0 spiro atoms. The average Bonchev–Trinajstić information content (AvgIpc) is 3.30. The van der Waals surface area contributed by atoms with Crippen molar-refractivity contribution in [2.45, 2.75) is 6.92 Å². The second-order valence-electron chi connectivity index (χ2n) is 7.21. The average molecular weight is 352 g/mol. The summed E-state index contributed by atoms with van der Waals surface area (Å²) in [5.74, 6) is 3.73. The van der Waals surface area contributed by atoms with Gasteiger partial charge in [-0.2, -0.15) is 19.7 Å². The van der Waals surface area contributed by atoms with Crippen LogP contribution in [0.5, 0.6) is 0 Å². The van der Waals surface area contributed by atoms with Crippen molar-refractivity contribution >= 4 is 17.4 Å². The highest BCUT2D eigenvalue weighted by Crippen LogP contribution is 2.35. The van der Waals surface area contributed by atoms with Crippen molar-refractivity contribution in [2.75, 3.05) is 36.0 Å². The molecule has 3 aromatic rings. The molecule has 2 aliphatic rings. The van der Waals surface area contributed by atoms with E-state index in [1.54, 1.807) is 19.4 Å². The van der Waals surface area contributed by atoms with Crippen LogP contribution >= 0.6 is 0 Å². The van der Waals surface area contributed by atoms with Crippen LogP contribution in [-0.4, -0.2) is 55.5 Å². The van der Waals surface area contributed by atoms with Crippen molar-refractivity contribution < 1.29 is 0 Å². The fourth-order valence-corrected chi connectivity index (χ4v) is 4.16. The summed E-state index contributed by atoms with van der Waals surface area (Å²) < 4.78 is 3.22. The molecule has 5 rings (SSSR count). The van der Waals surface area contributed by atoms with E-state index in [4.69, 9.17) is 0 Å². The minimum absolute atomic E-state index is 0.0794. The molecule has 0 N–H and O–H groups in total. The summed E-state index contributed by atoms with van der Waals surface area (Å²) in [4.78, 5) is 24.9. The molecule has 5 heterocycles. The molecule has 0 saturated carbocycles. The third kappa shape index (κ3) is 2.34. The maximum Gasteiger partial charge on any atom is 0.266 e. The van der Waals surface area contributed by atoms with Gasteiger partial charge in [0.2, 0.25) is 0 Å². The van der Waals surface area contributed by atoms with Crippen LogP contribution in [-0.2, 0) is 7.05 Å². The quantitative estimate of drug-likeness (QED) is 0.647. The zero-order valence-electron chi connectivity index (χ0n) is 14.8. The second-order valence-corrected chi connectivity index (χ2v) is 7.21. The summed E-state index contributed by atoms with van der Waals surface area (Å²) in [6.07, 6.45) is 1.55. The van der Waals surface area contributed by atoms with Gasteiger partial charge in [-0.05, 0) is 13.0 Å². The topological polar surface area (TPSA) is 84.5 Å². The van der Waals surface area contributed by atoms with Gasteiger partial charge in [0.05, 0.1) is 0 Å². The van der Waals surface area contributed by atoms with E-state index in [9.17, 15) is 4.79 Å². The number of aromatic nitrogens is 6. The molecule has 0 bridgehead atoms. The minimum Gasteiger partial charge on any atom is -0.356 e. The summed E-state index contributed by atoms with van der Waals surface area (Å²) in [5, 5.41) is 8.72. The monoisotopic (exact) mass is 352 g/mol. The largest absolute Gasteiger partial charge is 0.356 e. The number of anilines is 2. The molecule has 2 atom stereocenters. The van der Waals surface area contributed by atoms with Crippen LogP contribution in [0.2, 0.25) is 0 Å². The third-order valence-corrected chi connectivity index (χ3v) is 5.44. The Bertz CT molecular complexity index is 1030. The Labute approximate surface area is 149 Å². The molecule has 9 heteroatoms. The van der Waals surface area contributed by atoms with Crippen LogP contribution in [0.1, 0.15) is 5.69 Å². The predicted octanol–water partition coefficient (Wildman–Crippen LogP) is 0.0990. The summed E-state index contributed by atoms with van der Waals surface area (Å²) in [5.41, 5.74) is 0.873. The van der Waals surface area contributed by atoms with Gasteiger partial charge in [-0.15, -0.1) is 0 Å². The second kappa shape index (κ2) is 5.52. The lowest BCUT2D eigenvalue weighted by atomic mass is 10.0. The Kier molecular flexibility index (Phi) is 3.25. The molecule has 0 aromatic carbocycles. The molecule has 26 heavy (non-hydrogen) atoms. The Balaban J connectivity index is 1.37. The van der Waals surface area contributed by atoms with Crippen LogP contribution in [0.3, 0.4) is 0 Å². The normalized spacial score (nSPS) is 22.4. The number of aryl methyl sites for hydroxylation is 2. The van der Waals surface area contributed by atoms with E-state index in [0.29, 0.717) is 17.6 Å². The van der Waals surface area contributed by atoms with Crippen molar-refractivity contribution in [3.8, 4) is 0 Å². The van der Waals surface area contributed by atoms with Crippen LogP contribution < -0.4 is 15.4 Å². The van der Waals surface area contributed by atoms with Crippen molar-refractivity contribution in [2.24, 2.45) is 18.9 Å². The van der Waals surface area contributed by atoms with E-state index in [1.165, 1.54) is 4.68 Å². The van der Waals surface area contributed by atoms with E-state index in [-0.39, 0.29) is 5.56 Å². The molecule has 0 radical (unpaired) electrons. The van der Waals surface area contributed by atoms with E-state index >= 15 is 0 Å². The van der Waals surface area contributed by atoms with Crippen molar-refractivity contribution in [1.82, 2.24) is 29.4 Å². The standard InChI is InChI=1S/C17H20N8O/c1-11-5-15(25-17(20-11)18-10-19-25)24-8-12-6-23(7-13(12)9-24)14-3-4-16(26)22(2)21-14/h3-5,10,12-13H,6-9H2,1-2H3. The molecule has 0 aliphatic carbocycles. The zero-order chi connectivity index (χ0) is 17.8. The molecule has 3 aromatic heterocycles. The Morgan fingerprint density at radius 2 is 1.81 bits per heavy atom. The highest BCUT2D eigenvalue weighted by Gasteiger charge is 2.41. The van der Waals surface area contributed by atoms with Crippen molar-refractivity contribution in [3.05, 3.63) is 40.6 Å². The van der Waals surface area contributed by atoms with Gasteiger partial charge in [0.1, 0.15) is 18.0 Å².